The van der Waals surface area contributed by atoms with Gasteiger partial charge in [-0.25, -0.2) is 0 Å². The van der Waals surface area contributed by atoms with Gasteiger partial charge in [0.2, 0.25) is 5.72 Å². The second-order valence-corrected chi connectivity index (χ2v) is 5.59. The lowest BCUT2D eigenvalue weighted by molar-refractivity contribution is -0.234. The molecule has 1 atom stereocenters. The van der Waals surface area contributed by atoms with Gasteiger partial charge in [-0.2, -0.15) is 5.06 Å². The van der Waals surface area contributed by atoms with Gasteiger partial charge in [-0.05, 0) is 26.0 Å². The van der Waals surface area contributed by atoms with Crippen LogP contribution < -0.4 is 0 Å². The highest BCUT2D eigenvalue weighted by Crippen LogP contribution is 2.43. The number of aromatic nitrogens is 1. The normalized spacial score (nSPS) is 24.0. The summed E-state index contributed by atoms with van der Waals surface area (Å²) in [5, 5.41) is 22.5. The first-order chi connectivity index (χ1) is 9.97. The van der Waals surface area contributed by atoms with Gasteiger partial charge in [-0.15, -0.1) is 0 Å². The van der Waals surface area contributed by atoms with Crippen molar-refractivity contribution in [1.29, 1.82) is 0 Å². The molecule has 108 valence electrons. The van der Waals surface area contributed by atoms with Crippen molar-refractivity contribution in [1.82, 2.24) is 10.0 Å². The highest BCUT2D eigenvalue weighted by Gasteiger charge is 2.56. The number of aliphatic imine (C=N–C) groups is 1. The van der Waals surface area contributed by atoms with E-state index in [0.717, 1.165) is 5.06 Å². The first kappa shape index (κ1) is 13.7. The molecule has 1 aliphatic rings. The van der Waals surface area contributed by atoms with E-state index in [-0.39, 0.29) is 0 Å². The number of rotatable bonds is 2. The second-order valence-electron chi connectivity index (χ2n) is 5.59. The Morgan fingerprint density at radius 1 is 1.05 bits per heavy atom. The zero-order valence-electron chi connectivity index (χ0n) is 11.9. The summed E-state index contributed by atoms with van der Waals surface area (Å²) < 4.78 is 0. The van der Waals surface area contributed by atoms with Crippen LogP contribution in [0.15, 0.2) is 59.9 Å². The van der Waals surface area contributed by atoms with Crippen molar-refractivity contribution in [2.45, 2.75) is 25.1 Å². The van der Waals surface area contributed by atoms with E-state index >= 15 is 0 Å². The highest BCUT2D eigenvalue weighted by molar-refractivity contribution is 6.00. The van der Waals surface area contributed by atoms with Crippen LogP contribution in [0.5, 0.6) is 0 Å². The average Bonchev–Trinajstić information content (AvgIpc) is 2.70. The fourth-order valence-electron chi connectivity index (χ4n) is 2.63. The van der Waals surface area contributed by atoms with Crippen LogP contribution in [0.4, 0.5) is 0 Å². The molecule has 2 heterocycles. The fourth-order valence-corrected chi connectivity index (χ4v) is 2.63. The van der Waals surface area contributed by atoms with Crippen molar-refractivity contribution in [2.24, 2.45) is 4.99 Å². The lowest BCUT2D eigenvalue weighted by Crippen LogP contribution is -2.53. The van der Waals surface area contributed by atoms with Gasteiger partial charge in [-0.3, -0.25) is 15.2 Å². The molecule has 2 aromatic rings. The van der Waals surface area contributed by atoms with Crippen molar-refractivity contribution < 1.29 is 10.3 Å². The molecule has 0 spiro atoms. The molecular weight excluding hydrogens is 266 g/mol. The third-order valence-corrected chi connectivity index (χ3v) is 3.84. The van der Waals surface area contributed by atoms with Crippen LogP contribution >= 0.6 is 0 Å². The number of aliphatic hydroxyl groups is 1. The molecular formula is C16H17N3O2. The van der Waals surface area contributed by atoms with Crippen LogP contribution in [0.1, 0.15) is 25.0 Å². The number of hydrogen-bond donors (Lipinski definition) is 2. The van der Waals surface area contributed by atoms with Gasteiger partial charge >= 0.3 is 0 Å². The molecule has 0 amide bonds. The van der Waals surface area contributed by atoms with Gasteiger partial charge in [-0.1, -0.05) is 30.3 Å². The molecule has 0 fully saturated rings. The van der Waals surface area contributed by atoms with Crippen molar-refractivity contribution in [3.63, 3.8) is 0 Å². The molecule has 1 unspecified atom stereocenters. The smallest absolute Gasteiger partial charge is 0.214 e. The summed E-state index contributed by atoms with van der Waals surface area (Å²) in [6.07, 6.45) is 3.25. The van der Waals surface area contributed by atoms with Crippen molar-refractivity contribution in [3.8, 4) is 0 Å². The minimum atomic E-state index is -1.63. The minimum absolute atomic E-state index is 0.305. The molecule has 1 aliphatic heterocycles. The Balaban J connectivity index is 2.11. The van der Waals surface area contributed by atoms with E-state index in [1.807, 2.05) is 18.2 Å². The molecule has 0 saturated carbocycles. The number of pyridine rings is 1. The second kappa shape index (κ2) is 4.65. The van der Waals surface area contributed by atoms with Gasteiger partial charge in [0.25, 0.3) is 0 Å². The number of hydroxylamine groups is 2. The zero-order chi connectivity index (χ0) is 15.1. The average molecular weight is 283 g/mol. The zero-order valence-corrected chi connectivity index (χ0v) is 11.9. The fraction of sp³-hybridized carbons (Fsp3) is 0.250. The van der Waals surface area contributed by atoms with E-state index in [1.165, 1.54) is 0 Å². The summed E-state index contributed by atoms with van der Waals surface area (Å²) in [5.41, 5.74) is -1.30. The first-order valence-corrected chi connectivity index (χ1v) is 6.74. The SMILES string of the molecule is CC1(C)N=C(c2cccnc2)N(O)C1(O)c1ccccc1. The van der Waals surface area contributed by atoms with Gasteiger partial charge in [0.15, 0.2) is 5.84 Å². The molecule has 21 heavy (non-hydrogen) atoms. The Labute approximate surface area is 123 Å². The van der Waals surface area contributed by atoms with E-state index in [1.54, 1.807) is 50.5 Å². The molecule has 5 heteroatoms. The maximum absolute atomic E-state index is 11.1. The number of nitrogens with zero attached hydrogens (tertiary/aromatic N) is 3. The summed E-state index contributed by atoms with van der Waals surface area (Å²) in [5.74, 6) is 0.305. The Morgan fingerprint density at radius 2 is 1.76 bits per heavy atom. The number of benzene rings is 1. The topological polar surface area (TPSA) is 69.0 Å². The molecule has 2 N–H and O–H groups in total. The van der Waals surface area contributed by atoms with Gasteiger partial charge in [0.1, 0.15) is 5.54 Å². The van der Waals surface area contributed by atoms with Gasteiger partial charge in [0, 0.05) is 23.5 Å². The van der Waals surface area contributed by atoms with Crippen LogP contribution in [-0.4, -0.2) is 31.7 Å². The van der Waals surface area contributed by atoms with Crippen LogP contribution in [-0.2, 0) is 5.72 Å². The van der Waals surface area contributed by atoms with Crippen LogP contribution in [0.2, 0.25) is 0 Å². The van der Waals surface area contributed by atoms with Gasteiger partial charge in [0.05, 0.1) is 0 Å². The monoisotopic (exact) mass is 283 g/mol. The van der Waals surface area contributed by atoms with Crippen LogP contribution in [0, 0.1) is 0 Å². The van der Waals surface area contributed by atoms with E-state index in [0.29, 0.717) is 17.0 Å². The van der Waals surface area contributed by atoms with Crippen molar-refractivity contribution >= 4 is 5.84 Å². The van der Waals surface area contributed by atoms with Crippen LogP contribution in [0.3, 0.4) is 0 Å². The Morgan fingerprint density at radius 3 is 2.38 bits per heavy atom. The van der Waals surface area contributed by atoms with Crippen molar-refractivity contribution in [3.05, 3.63) is 66.0 Å². The molecule has 5 nitrogen and oxygen atoms in total. The van der Waals surface area contributed by atoms with E-state index in [9.17, 15) is 10.3 Å². The highest BCUT2D eigenvalue weighted by atomic mass is 16.5. The molecule has 1 aromatic carbocycles. The molecule has 0 bridgehead atoms. The molecule has 1 aromatic heterocycles. The van der Waals surface area contributed by atoms with E-state index < -0.39 is 11.3 Å². The summed E-state index contributed by atoms with van der Waals surface area (Å²) in [6, 6.07) is 12.6. The molecule has 0 aliphatic carbocycles. The number of amidine groups is 1. The quantitative estimate of drug-likeness (QED) is 0.886. The first-order valence-electron chi connectivity index (χ1n) is 6.74. The lowest BCUT2D eigenvalue weighted by Gasteiger charge is -2.38. The Kier molecular flexibility index (Phi) is 3.04. The maximum atomic E-state index is 11.1. The molecule has 0 radical (unpaired) electrons. The third-order valence-electron chi connectivity index (χ3n) is 3.84. The van der Waals surface area contributed by atoms with E-state index in [2.05, 4.69) is 9.98 Å². The summed E-state index contributed by atoms with van der Waals surface area (Å²) >= 11 is 0. The molecule has 3 rings (SSSR count). The summed E-state index contributed by atoms with van der Waals surface area (Å²) in [4.78, 5) is 8.54. The largest absolute Gasteiger partial charge is 0.363 e. The van der Waals surface area contributed by atoms with E-state index in [4.69, 9.17) is 0 Å². The predicted octanol–water partition coefficient (Wildman–Crippen LogP) is 2.16. The minimum Gasteiger partial charge on any atom is -0.363 e. The number of hydrogen-bond acceptors (Lipinski definition) is 5. The third kappa shape index (κ3) is 1.93. The standard InChI is InChI=1S/C16H17N3O2/c1-15(2)16(20,13-8-4-3-5-9-13)19(21)14(18-15)12-7-6-10-17-11-12/h3-11,20-21H,1-2H3. The summed E-state index contributed by atoms with van der Waals surface area (Å²) in [6.45, 7) is 3.57. The van der Waals surface area contributed by atoms with Gasteiger partial charge < -0.3 is 5.11 Å². The Hall–Kier alpha value is -2.24. The van der Waals surface area contributed by atoms with Crippen LogP contribution in [0.25, 0.3) is 0 Å². The Bertz CT molecular complexity index is 670. The maximum Gasteiger partial charge on any atom is 0.214 e. The van der Waals surface area contributed by atoms with Crippen molar-refractivity contribution in [2.75, 3.05) is 0 Å². The predicted molar refractivity (Wildman–Crippen MR) is 78.8 cm³/mol. The lowest BCUT2D eigenvalue weighted by atomic mass is 9.86. The summed E-state index contributed by atoms with van der Waals surface area (Å²) in [7, 11) is 0. The molecule has 0 saturated heterocycles.